The van der Waals surface area contributed by atoms with Gasteiger partial charge in [0, 0.05) is 12.3 Å². The summed E-state index contributed by atoms with van der Waals surface area (Å²) in [6.45, 7) is 2.27. The van der Waals surface area contributed by atoms with Gasteiger partial charge in [-0.3, -0.25) is 4.79 Å². The number of Topliss-reactive ketones (excluding diaryl/α,β-unsaturated/α-hetero) is 1. The zero-order chi connectivity index (χ0) is 7.68. The molecular weight excluding hydrogens is 138 g/mol. The Balaban J connectivity index is 1.60. The minimum atomic E-state index is 0.475. The number of nitrogens with one attached hydrogen (secondary N) is 1. The van der Waals surface area contributed by atoms with Gasteiger partial charge in [-0.25, -0.2) is 0 Å². The van der Waals surface area contributed by atoms with E-state index in [1.54, 1.807) is 0 Å². The van der Waals surface area contributed by atoms with Crippen molar-refractivity contribution < 1.29 is 4.79 Å². The van der Waals surface area contributed by atoms with Crippen LogP contribution in [0.15, 0.2) is 0 Å². The van der Waals surface area contributed by atoms with Crippen LogP contribution in [0.1, 0.15) is 25.7 Å². The van der Waals surface area contributed by atoms with Crippen LogP contribution in [0.4, 0.5) is 0 Å². The Hall–Kier alpha value is -0.370. The summed E-state index contributed by atoms with van der Waals surface area (Å²) in [7, 11) is 0. The van der Waals surface area contributed by atoms with E-state index in [-0.39, 0.29) is 0 Å². The number of carbonyl (C=O) groups is 1. The standard InChI is InChI=1S/C9H15NO/c11-9(8-2-3-8)4-1-7-5-10-6-7/h7-8,10H,1-6H2. The van der Waals surface area contributed by atoms with E-state index in [1.807, 2.05) is 0 Å². The highest BCUT2D eigenvalue weighted by molar-refractivity contribution is 5.83. The fourth-order valence-electron chi connectivity index (χ4n) is 1.51. The van der Waals surface area contributed by atoms with Crippen molar-refractivity contribution in [1.29, 1.82) is 0 Å². The highest BCUT2D eigenvalue weighted by Gasteiger charge is 2.29. The molecule has 0 aromatic rings. The van der Waals surface area contributed by atoms with Gasteiger partial charge < -0.3 is 5.32 Å². The molecule has 1 aliphatic carbocycles. The topological polar surface area (TPSA) is 29.1 Å². The molecule has 2 rings (SSSR count). The second kappa shape index (κ2) is 2.94. The Kier molecular flexibility index (Phi) is 1.95. The van der Waals surface area contributed by atoms with E-state index in [0.29, 0.717) is 11.7 Å². The average Bonchev–Trinajstić information content (AvgIpc) is 2.64. The first-order chi connectivity index (χ1) is 5.36. The van der Waals surface area contributed by atoms with Gasteiger partial charge in [-0.2, -0.15) is 0 Å². The summed E-state index contributed by atoms with van der Waals surface area (Å²) in [5.41, 5.74) is 0. The van der Waals surface area contributed by atoms with E-state index in [2.05, 4.69) is 5.32 Å². The Morgan fingerprint density at radius 2 is 2.09 bits per heavy atom. The normalized spacial score (nSPS) is 24.7. The summed E-state index contributed by atoms with van der Waals surface area (Å²) in [6.07, 6.45) is 4.31. The third kappa shape index (κ3) is 1.80. The summed E-state index contributed by atoms with van der Waals surface area (Å²) < 4.78 is 0. The zero-order valence-electron chi connectivity index (χ0n) is 6.81. The average molecular weight is 153 g/mol. The van der Waals surface area contributed by atoms with E-state index in [0.717, 1.165) is 31.8 Å². The van der Waals surface area contributed by atoms with Gasteiger partial charge in [0.2, 0.25) is 0 Å². The van der Waals surface area contributed by atoms with Crippen molar-refractivity contribution in [3.63, 3.8) is 0 Å². The maximum absolute atomic E-state index is 11.2. The molecule has 1 heterocycles. The van der Waals surface area contributed by atoms with Crippen molar-refractivity contribution >= 4 is 5.78 Å². The summed E-state index contributed by atoms with van der Waals surface area (Å²) in [5, 5.41) is 3.22. The smallest absolute Gasteiger partial charge is 0.135 e. The van der Waals surface area contributed by atoms with Crippen molar-refractivity contribution in [2.75, 3.05) is 13.1 Å². The number of hydrogen-bond acceptors (Lipinski definition) is 2. The number of hydrogen-bond donors (Lipinski definition) is 1. The van der Waals surface area contributed by atoms with Gasteiger partial charge in [0.1, 0.15) is 5.78 Å². The molecule has 0 aromatic carbocycles. The number of rotatable bonds is 4. The second-order valence-corrected chi connectivity index (χ2v) is 3.80. The van der Waals surface area contributed by atoms with Crippen molar-refractivity contribution in [3.05, 3.63) is 0 Å². The van der Waals surface area contributed by atoms with E-state index >= 15 is 0 Å². The molecule has 0 radical (unpaired) electrons. The minimum Gasteiger partial charge on any atom is -0.316 e. The summed E-state index contributed by atoms with van der Waals surface area (Å²) in [5.74, 6) is 1.80. The van der Waals surface area contributed by atoms with Crippen LogP contribution < -0.4 is 5.32 Å². The number of ketones is 1. The fourth-order valence-corrected chi connectivity index (χ4v) is 1.51. The van der Waals surface area contributed by atoms with Gasteiger partial charge in [0.15, 0.2) is 0 Å². The van der Waals surface area contributed by atoms with Gasteiger partial charge in [-0.15, -0.1) is 0 Å². The lowest BCUT2D eigenvalue weighted by atomic mass is 9.95. The Bertz CT molecular complexity index is 159. The maximum Gasteiger partial charge on any atom is 0.135 e. The molecule has 62 valence electrons. The lowest BCUT2D eigenvalue weighted by molar-refractivity contribution is -0.120. The van der Waals surface area contributed by atoms with Crippen molar-refractivity contribution in [2.45, 2.75) is 25.7 Å². The number of carbonyl (C=O) groups excluding carboxylic acids is 1. The SMILES string of the molecule is O=C(CCC1CNC1)C1CC1. The van der Waals surface area contributed by atoms with Crippen LogP contribution in [0.5, 0.6) is 0 Å². The largest absolute Gasteiger partial charge is 0.316 e. The van der Waals surface area contributed by atoms with Crippen LogP contribution in [0, 0.1) is 11.8 Å². The van der Waals surface area contributed by atoms with Crippen LogP contribution in [0.2, 0.25) is 0 Å². The predicted octanol–water partition coefficient (Wildman–Crippen LogP) is 0.965. The van der Waals surface area contributed by atoms with E-state index in [4.69, 9.17) is 0 Å². The van der Waals surface area contributed by atoms with E-state index in [1.165, 1.54) is 12.8 Å². The van der Waals surface area contributed by atoms with Gasteiger partial charge in [0.25, 0.3) is 0 Å². The molecule has 2 heteroatoms. The molecule has 0 amide bonds. The van der Waals surface area contributed by atoms with Gasteiger partial charge in [-0.1, -0.05) is 0 Å². The molecule has 1 saturated heterocycles. The molecule has 1 N–H and O–H groups in total. The third-order valence-electron chi connectivity index (χ3n) is 2.70. The first kappa shape index (κ1) is 7.29. The lowest BCUT2D eigenvalue weighted by Gasteiger charge is -2.26. The maximum atomic E-state index is 11.2. The molecule has 1 saturated carbocycles. The summed E-state index contributed by atoms with van der Waals surface area (Å²) in [6, 6.07) is 0. The third-order valence-corrected chi connectivity index (χ3v) is 2.70. The molecule has 11 heavy (non-hydrogen) atoms. The molecule has 0 bridgehead atoms. The van der Waals surface area contributed by atoms with Gasteiger partial charge in [0.05, 0.1) is 0 Å². The minimum absolute atomic E-state index is 0.475. The summed E-state index contributed by atoms with van der Waals surface area (Å²) >= 11 is 0. The van der Waals surface area contributed by atoms with Crippen molar-refractivity contribution in [2.24, 2.45) is 11.8 Å². The Morgan fingerprint density at radius 3 is 2.55 bits per heavy atom. The van der Waals surface area contributed by atoms with Crippen LogP contribution in [-0.2, 0) is 4.79 Å². The monoisotopic (exact) mass is 153 g/mol. The zero-order valence-corrected chi connectivity index (χ0v) is 6.81. The molecule has 0 atom stereocenters. The van der Waals surface area contributed by atoms with Gasteiger partial charge in [-0.05, 0) is 38.3 Å². The molecule has 2 aliphatic rings. The van der Waals surface area contributed by atoms with Crippen LogP contribution in [0.25, 0.3) is 0 Å². The van der Waals surface area contributed by atoms with Crippen LogP contribution >= 0.6 is 0 Å². The molecular formula is C9H15NO. The molecule has 2 nitrogen and oxygen atoms in total. The first-order valence-corrected chi connectivity index (χ1v) is 4.59. The Morgan fingerprint density at radius 1 is 1.36 bits per heavy atom. The summed E-state index contributed by atoms with van der Waals surface area (Å²) in [4.78, 5) is 11.2. The van der Waals surface area contributed by atoms with Crippen LogP contribution in [-0.4, -0.2) is 18.9 Å². The lowest BCUT2D eigenvalue weighted by Crippen LogP contribution is -2.42. The highest BCUT2D eigenvalue weighted by atomic mass is 16.1. The second-order valence-electron chi connectivity index (χ2n) is 3.80. The van der Waals surface area contributed by atoms with Crippen molar-refractivity contribution in [3.8, 4) is 0 Å². The quantitative estimate of drug-likeness (QED) is 0.652. The van der Waals surface area contributed by atoms with Gasteiger partial charge >= 0.3 is 0 Å². The molecule has 0 aromatic heterocycles. The first-order valence-electron chi connectivity index (χ1n) is 4.59. The Labute approximate surface area is 67.4 Å². The van der Waals surface area contributed by atoms with E-state index < -0.39 is 0 Å². The predicted molar refractivity (Wildman–Crippen MR) is 43.3 cm³/mol. The van der Waals surface area contributed by atoms with Crippen LogP contribution in [0.3, 0.4) is 0 Å². The fraction of sp³-hybridized carbons (Fsp3) is 0.889. The molecule has 0 unspecified atom stereocenters. The molecule has 2 fully saturated rings. The molecule has 1 aliphatic heterocycles. The highest BCUT2D eigenvalue weighted by Crippen LogP contribution is 2.31. The molecule has 0 spiro atoms. The van der Waals surface area contributed by atoms with E-state index in [9.17, 15) is 4.79 Å². The van der Waals surface area contributed by atoms with Crippen molar-refractivity contribution in [1.82, 2.24) is 5.32 Å².